The quantitative estimate of drug-likeness (QED) is 0.608. The highest BCUT2D eigenvalue weighted by molar-refractivity contribution is 9.10. The predicted octanol–water partition coefficient (Wildman–Crippen LogP) is 2.21. The van der Waals surface area contributed by atoms with E-state index in [-0.39, 0.29) is 5.56 Å². The molecule has 1 aromatic rings. The molecule has 0 aliphatic carbocycles. The summed E-state index contributed by atoms with van der Waals surface area (Å²) in [6, 6.07) is 4.81. The second-order valence-electron chi connectivity index (χ2n) is 4.01. The van der Waals surface area contributed by atoms with Gasteiger partial charge in [-0.15, -0.1) is 0 Å². The molecule has 21 heavy (non-hydrogen) atoms. The van der Waals surface area contributed by atoms with E-state index in [1.807, 2.05) is 0 Å². The third-order valence-electron chi connectivity index (χ3n) is 2.47. The Labute approximate surface area is 132 Å². The first-order valence-corrected chi connectivity index (χ1v) is 7.24. The summed E-state index contributed by atoms with van der Waals surface area (Å²) in [4.78, 5) is 11.0. The number of ether oxygens (including phenoxy) is 4. The van der Waals surface area contributed by atoms with E-state index in [9.17, 15) is 4.79 Å². The number of carboxylic acids is 1. The number of hydrogen-bond acceptors (Lipinski definition) is 5. The maximum atomic E-state index is 11.0. The monoisotopic (exact) mass is 362 g/mol. The molecule has 0 fully saturated rings. The van der Waals surface area contributed by atoms with E-state index in [0.717, 1.165) is 0 Å². The summed E-state index contributed by atoms with van der Waals surface area (Å²) in [6.07, 6.45) is 0. The molecule has 118 valence electrons. The molecule has 0 saturated carbocycles. The van der Waals surface area contributed by atoms with Gasteiger partial charge in [0, 0.05) is 11.6 Å². The number of halogens is 1. The summed E-state index contributed by atoms with van der Waals surface area (Å²) in [6.45, 7) is 2.86. The van der Waals surface area contributed by atoms with E-state index >= 15 is 0 Å². The summed E-state index contributed by atoms with van der Waals surface area (Å²) in [5.74, 6) is -0.507. The molecule has 6 nitrogen and oxygen atoms in total. The molecule has 0 bridgehead atoms. The van der Waals surface area contributed by atoms with Crippen molar-refractivity contribution >= 4 is 21.9 Å². The molecule has 0 heterocycles. The number of methoxy groups -OCH3 is 1. The van der Waals surface area contributed by atoms with Gasteiger partial charge in [-0.3, -0.25) is 0 Å². The van der Waals surface area contributed by atoms with Gasteiger partial charge < -0.3 is 24.1 Å². The summed E-state index contributed by atoms with van der Waals surface area (Å²) in [5, 5.41) is 8.99. The lowest BCUT2D eigenvalue weighted by Gasteiger charge is -2.09. The lowest BCUT2D eigenvalue weighted by Crippen LogP contribution is -2.12. The van der Waals surface area contributed by atoms with Gasteiger partial charge in [-0.05, 0) is 34.1 Å². The van der Waals surface area contributed by atoms with E-state index in [4.69, 9.17) is 24.1 Å². The maximum Gasteiger partial charge on any atom is 0.336 e. The molecule has 0 aliphatic rings. The van der Waals surface area contributed by atoms with Crippen LogP contribution in [0.2, 0.25) is 0 Å². The Balaban J connectivity index is 2.16. The van der Waals surface area contributed by atoms with Crippen LogP contribution in [0.4, 0.5) is 0 Å². The Morgan fingerprint density at radius 2 is 1.71 bits per heavy atom. The number of hydrogen-bond donors (Lipinski definition) is 1. The van der Waals surface area contributed by atoms with Gasteiger partial charge in [0.05, 0.1) is 38.6 Å². The molecule has 0 amide bonds. The standard InChI is InChI=1S/C14H19BrO6/c1-18-4-5-19-6-7-20-8-9-21-11-2-3-13(15)12(10-11)14(16)17/h2-3,10H,4-9H2,1H3,(H,16,17). The lowest BCUT2D eigenvalue weighted by molar-refractivity contribution is 0.0179. The van der Waals surface area contributed by atoms with Crippen LogP contribution in [0, 0.1) is 0 Å². The van der Waals surface area contributed by atoms with Gasteiger partial charge in [-0.25, -0.2) is 4.79 Å². The fraction of sp³-hybridized carbons (Fsp3) is 0.500. The molecule has 0 atom stereocenters. The number of carbonyl (C=O) groups is 1. The van der Waals surface area contributed by atoms with Gasteiger partial charge in [0.15, 0.2) is 0 Å². The fourth-order valence-corrected chi connectivity index (χ4v) is 1.86. The zero-order chi connectivity index (χ0) is 15.5. The molecule has 0 saturated heterocycles. The van der Waals surface area contributed by atoms with Crippen LogP contribution in [-0.4, -0.2) is 57.8 Å². The van der Waals surface area contributed by atoms with Crippen LogP contribution in [0.1, 0.15) is 10.4 Å². The molecule has 1 N–H and O–H groups in total. The zero-order valence-electron chi connectivity index (χ0n) is 11.8. The molecule has 0 unspecified atom stereocenters. The summed E-state index contributed by atoms with van der Waals surface area (Å²) >= 11 is 3.18. The van der Waals surface area contributed by atoms with Crippen molar-refractivity contribution in [3.05, 3.63) is 28.2 Å². The SMILES string of the molecule is COCCOCCOCCOc1ccc(Br)c(C(=O)O)c1. The van der Waals surface area contributed by atoms with Gasteiger partial charge in [0.25, 0.3) is 0 Å². The first kappa shape index (κ1) is 17.9. The third-order valence-corrected chi connectivity index (χ3v) is 3.16. The van der Waals surface area contributed by atoms with Crippen molar-refractivity contribution in [2.45, 2.75) is 0 Å². The second kappa shape index (κ2) is 10.6. The van der Waals surface area contributed by atoms with E-state index in [0.29, 0.717) is 49.9 Å². The minimum atomic E-state index is -1.00. The van der Waals surface area contributed by atoms with Crippen LogP contribution in [-0.2, 0) is 14.2 Å². The van der Waals surface area contributed by atoms with Crippen molar-refractivity contribution < 1.29 is 28.8 Å². The van der Waals surface area contributed by atoms with Crippen molar-refractivity contribution in [2.24, 2.45) is 0 Å². The zero-order valence-corrected chi connectivity index (χ0v) is 13.4. The Bertz CT molecular complexity index is 437. The highest BCUT2D eigenvalue weighted by Gasteiger charge is 2.09. The molecule has 1 aromatic carbocycles. The molecule has 0 aliphatic heterocycles. The van der Waals surface area contributed by atoms with Gasteiger partial charge in [-0.1, -0.05) is 0 Å². The topological polar surface area (TPSA) is 74.2 Å². The first-order chi connectivity index (χ1) is 10.1. The lowest BCUT2D eigenvalue weighted by atomic mass is 10.2. The van der Waals surface area contributed by atoms with Gasteiger partial charge in [0.1, 0.15) is 12.4 Å². The molecule has 0 aromatic heterocycles. The van der Waals surface area contributed by atoms with Crippen LogP contribution in [0.15, 0.2) is 22.7 Å². The Morgan fingerprint density at radius 3 is 2.33 bits per heavy atom. The predicted molar refractivity (Wildman–Crippen MR) is 80.1 cm³/mol. The normalized spacial score (nSPS) is 10.6. The van der Waals surface area contributed by atoms with Crippen LogP contribution in [0.3, 0.4) is 0 Å². The summed E-state index contributed by atoms with van der Waals surface area (Å²) in [5.41, 5.74) is 0.167. The minimum absolute atomic E-state index is 0.167. The van der Waals surface area contributed by atoms with Crippen molar-refractivity contribution in [1.29, 1.82) is 0 Å². The van der Waals surface area contributed by atoms with Crippen molar-refractivity contribution in [2.75, 3.05) is 46.8 Å². The van der Waals surface area contributed by atoms with E-state index < -0.39 is 5.97 Å². The summed E-state index contributed by atoms with van der Waals surface area (Å²) in [7, 11) is 1.62. The highest BCUT2D eigenvalue weighted by atomic mass is 79.9. The molecule has 1 rings (SSSR count). The Hall–Kier alpha value is -1.15. The van der Waals surface area contributed by atoms with Gasteiger partial charge in [0.2, 0.25) is 0 Å². The van der Waals surface area contributed by atoms with Crippen molar-refractivity contribution in [3.63, 3.8) is 0 Å². The molecule has 7 heteroatoms. The number of carboxylic acid groups (broad SMARTS) is 1. The largest absolute Gasteiger partial charge is 0.491 e. The number of benzene rings is 1. The van der Waals surface area contributed by atoms with Crippen molar-refractivity contribution in [3.8, 4) is 5.75 Å². The fourth-order valence-electron chi connectivity index (χ4n) is 1.44. The van der Waals surface area contributed by atoms with E-state index in [1.54, 1.807) is 19.2 Å². The minimum Gasteiger partial charge on any atom is -0.491 e. The van der Waals surface area contributed by atoms with Gasteiger partial charge >= 0.3 is 5.97 Å². The van der Waals surface area contributed by atoms with Crippen molar-refractivity contribution in [1.82, 2.24) is 0 Å². The average Bonchev–Trinajstić information content (AvgIpc) is 2.47. The molecule has 0 radical (unpaired) electrons. The first-order valence-electron chi connectivity index (χ1n) is 6.45. The average molecular weight is 363 g/mol. The van der Waals surface area contributed by atoms with Gasteiger partial charge in [-0.2, -0.15) is 0 Å². The third kappa shape index (κ3) is 7.42. The van der Waals surface area contributed by atoms with Crippen LogP contribution in [0.5, 0.6) is 5.75 Å². The second-order valence-corrected chi connectivity index (χ2v) is 4.87. The van der Waals surface area contributed by atoms with E-state index in [2.05, 4.69) is 15.9 Å². The molecule has 0 spiro atoms. The van der Waals surface area contributed by atoms with Crippen LogP contribution < -0.4 is 4.74 Å². The highest BCUT2D eigenvalue weighted by Crippen LogP contribution is 2.22. The Morgan fingerprint density at radius 1 is 1.10 bits per heavy atom. The van der Waals surface area contributed by atoms with Crippen LogP contribution >= 0.6 is 15.9 Å². The summed E-state index contributed by atoms with van der Waals surface area (Å²) < 4.78 is 21.3. The number of aromatic carboxylic acids is 1. The van der Waals surface area contributed by atoms with Crippen LogP contribution in [0.25, 0.3) is 0 Å². The Kier molecular flexibility index (Phi) is 9.00. The maximum absolute atomic E-state index is 11.0. The molecular formula is C14H19BrO6. The smallest absolute Gasteiger partial charge is 0.336 e. The molecular weight excluding hydrogens is 344 g/mol. The van der Waals surface area contributed by atoms with E-state index in [1.165, 1.54) is 6.07 Å². The number of rotatable bonds is 11.